The number of aromatic hydroxyl groups is 1. The molecule has 0 radical (unpaired) electrons. The molecule has 0 fully saturated rings. The van der Waals surface area contributed by atoms with Gasteiger partial charge in [-0.2, -0.15) is 0 Å². The van der Waals surface area contributed by atoms with Crippen LogP contribution in [0.15, 0.2) is 103 Å². The number of anilines is 1. The van der Waals surface area contributed by atoms with Gasteiger partial charge in [-0.25, -0.2) is 4.98 Å². The molecule has 0 aliphatic carbocycles. The number of nitrogens with one attached hydrogen (secondary N) is 2. The third-order valence-electron chi connectivity index (χ3n) is 6.13. The summed E-state index contributed by atoms with van der Waals surface area (Å²) in [7, 11) is 0. The molecule has 2 amide bonds. The number of aryl methyl sites for hydroxylation is 1. The van der Waals surface area contributed by atoms with E-state index >= 15 is 0 Å². The number of nitrogen functional groups attached to an aromatic ring is 1. The second-order valence-electron chi connectivity index (χ2n) is 8.83. The van der Waals surface area contributed by atoms with Crippen LogP contribution < -0.4 is 16.4 Å². The number of carbonyl (C=O) groups is 2. The summed E-state index contributed by atoms with van der Waals surface area (Å²) in [6.07, 6.45) is 2.54. The molecule has 7 heteroatoms. The van der Waals surface area contributed by atoms with Gasteiger partial charge in [0, 0.05) is 12.7 Å². The number of nitrogens with zero attached hydrogens (tertiary/aromatic N) is 1. The van der Waals surface area contributed by atoms with E-state index in [2.05, 4.69) is 15.6 Å². The summed E-state index contributed by atoms with van der Waals surface area (Å²) >= 11 is 0. The molecule has 0 aliphatic rings. The maximum atomic E-state index is 13.7. The van der Waals surface area contributed by atoms with Crippen LogP contribution in [-0.2, 0) is 22.6 Å². The Labute approximate surface area is 216 Å². The summed E-state index contributed by atoms with van der Waals surface area (Å²) < 4.78 is 0. The number of amides is 2. The maximum absolute atomic E-state index is 13.7. The van der Waals surface area contributed by atoms with Gasteiger partial charge >= 0.3 is 0 Å². The summed E-state index contributed by atoms with van der Waals surface area (Å²) in [6.45, 7) is 0.272. The van der Waals surface area contributed by atoms with Gasteiger partial charge in [0.1, 0.15) is 17.6 Å². The first-order valence-electron chi connectivity index (χ1n) is 12.2. The van der Waals surface area contributed by atoms with Crippen LogP contribution in [0.5, 0.6) is 5.75 Å². The molecule has 0 saturated carbocycles. The van der Waals surface area contributed by atoms with E-state index in [1.165, 1.54) is 0 Å². The molecular formula is C30H30N4O3. The molecule has 4 rings (SSSR count). The van der Waals surface area contributed by atoms with E-state index in [1.807, 2.05) is 66.7 Å². The Balaban J connectivity index is 1.54. The minimum absolute atomic E-state index is 0.157. The number of pyridine rings is 1. The third-order valence-corrected chi connectivity index (χ3v) is 6.13. The van der Waals surface area contributed by atoms with E-state index in [1.54, 1.807) is 36.5 Å². The predicted molar refractivity (Wildman–Crippen MR) is 144 cm³/mol. The van der Waals surface area contributed by atoms with Crippen molar-refractivity contribution >= 4 is 17.6 Å². The number of phenols is 1. The van der Waals surface area contributed by atoms with Crippen LogP contribution in [0.2, 0.25) is 0 Å². The van der Waals surface area contributed by atoms with E-state index in [-0.39, 0.29) is 24.1 Å². The van der Waals surface area contributed by atoms with Crippen molar-refractivity contribution in [3.63, 3.8) is 0 Å². The van der Waals surface area contributed by atoms with Gasteiger partial charge in [0.15, 0.2) is 0 Å². The Morgan fingerprint density at radius 1 is 0.811 bits per heavy atom. The SMILES string of the molecule is Nc1cc(CC[C@@H](NC(=O)C(c2ccccc2)c2ccccc2)C(=O)NCc2ccc(O)cc2)ccn1. The smallest absolute Gasteiger partial charge is 0.242 e. The van der Waals surface area contributed by atoms with Crippen molar-refractivity contribution < 1.29 is 14.7 Å². The molecule has 0 spiro atoms. The normalized spacial score (nSPS) is 11.6. The Morgan fingerprint density at radius 2 is 1.43 bits per heavy atom. The average Bonchev–Trinajstić information content (AvgIpc) is 2.92. The first kappa shape index (κ1) is 25.4. The molecule has 3 aromatic carbocycles. The zero-order valence-electron chi connectivity index (χ0n) is 20.4. The lowest BCUT2D eigenvalue weighted by atomic mass is 9.90. The second kappa shape index (κ2) is 12.4. The molecule has 7 nitrogen and oxygen atoms in total. The highest BCUT2D eigenvalue weighted by molar-refractivity contribution is 5.92. The molecule has 0 bridgehead atoms. The predicted octanol–water partition coefficient (Wildman–Crippen LogP) is 3.94. The van der Waals surface area contributed by atoms with Crippen LogP contribution in [-0.4, -0.2) is 27.9 Å². The summed E-state index contributed by atoms with van der Waals surface area (Å²) in [5.41, 5.74) is 9.28. The largest absolute Gasteiger partial charge is 0.508 e. The number of aromatic nitrogens is 1. The van der Waals surface area contributed by atoms with E-state index in [4.69, 9.17) is 5.73 Å². The highest BCUT2D eigenvalue weighted by Gasteiger charge is 2.27. The Morgan fingerprint density at radius 3 is 2.03 bits per heavy atom. The zero-order chi connectivity index (χ0) is 26.0. The van der Waals surface area contributed by atoms with Crippen molar-refractivity contribution in [2.75, 3.05) is 5.73 Å². The fraction of sp³-hybridized carbons (Fsp3) is 0.167. The summed E-state index contributed by atoms with van der Waals surface area (Å²) in [5.74, 6) is -0.543. The number of phenolic OH excluding ortho intramolecular Hbond substituents is 1. The molecule has 0 aliphatic heterocycles. The Hall–Kier alpha value is -4.65. The minimum atomic E-state index is -0.770. The monoisotopic (exact) mass is 494 g/mol. The van der Waals surface area contributed by atoms with Gasteiger partial charge in [0.05, 0.1) is 5.92 Å². The molecule has 5 N–H and O–H groups in total. The van der Waals surface area contributed by atoms with Crippen molar-refractivity contribution in [2.45, 2.75) is 31.3 Å². The molecule has 188 valence electrons. The van der Waals surface area contributed by atoms with E-state index < -0.39 is 12.0 Å². The molecule has 37 heavy (non-hydrogen) atoms. The minimum Gasteiger partial charge on any atom is -0.508 e. The number of nitrogens with two attached hydrogens (primary N) is 1. The average molecular weight is 495 g/mol. The van der Waals surface area contributed by atoms with Crippen molar-refractivity contribution in [3.8, 4) is 5.75 Å². The van der Waals surface area contributed by atoms with Crippen LogP contribution in [0.3, 0.4) is 0 Å². The number of carbonyl (C=O) groups excluding carboxylic acids is 2. The molecular weight excluding hydrogens is 464 g/mol. The molecule has 0 saturated heterocycles. The lowest BCUT2D eigenvalue weighted by Gasteiger charge is -2.23. The number of hydrogen-bond acceptors (Lipinski definition) is 5. The van der Waals surface area contributed by atoms with E-state index in [0.29, 0.717) is 18.7 Å². The van der Waals surface area contributed by atoms with Gasteiger partial charge in [-0.1, -0.05) is 72.8 Å². The van der Waals surface area contributed by atoms with Gasteiger partial charge < -0.3 is 21.5 Å². The molecule has 1 aromatic heterocycles. The van der Waals surface area contributed by atoms with Gasteiger partial charge in [-0.3, -0.25) is 9.59 Å². The highest BCUT2D eigenvalue weighted by atomic mass is 16.3. The van der Waals surface area contributed by atoms with Gasteiger partial charge in [-0.15, -0.1) is 0 Å². The standard InChI is InChI=1S/C30H30N4O3/c31-27-19-21(17-18-32-27)13-16-26(29(36)33-20-22-11-14-25(35)15-12-22)34-30(37)28(23-7-3-1-4-8-23)24-9-5-2-6-10-24/h1-12,14-15,17-19,26,28,35H,13,16,20H2,(H2,31,32)(H,33,36)(H,34,37)/t26-/m1/s1. The van der Waals surface area contributed by atoms with Gasteiger partial charge in [-0.05, 0) is 59.4 Å². The lowest BCUT2D eigenvalue weighted by molar-refractivity contribution is -0.129. The number of rotatable bonds is 10. The first-order valence-corrected chi connectivity index (χ1v) is 12.2. The van der Waals surface area contributed by atoms with Crippen LogP contribution >= 0.6 is 0 Å². The number of benzene rings is 3. The van der Waals surface area contributed by atoms with Crippen LogP contribution in [0.25, 0.3) is 0 Å². The highest BCUT2D eigenvalue weighted by Crippen LogP contribution is 2.25. The maximum Gasteiger partial charge on any atom is 0.242 e. The fourth-order valence-electron chi connectivity index (χ4n) is 4.20. The molecule has 4 aromatic rings. The van der Waals surface area contributed by atoms with Crippen molar-refractivity contribution in [3.05, 3.63) is 126 Å². The molecule has 0 unspecified atom stereocenters. The fourth-order valence-corrected chi connectivity index (χ4v) is 4.20. The topological polar surface area (TPSA) is 117 Å². The molecule has 1 heterocycles. The Bertz CT molecular complexity index is 1270. The van der Waals surface area contributed by atoms with Crippen molar-refractivity contribution in [1.82, 2.24) is 15.6 Å². The summed E-state index contributed by atoms with van der Waals surface area (Å²) in [5, 5.41) is 15.4. The van der Waals surface area contributed by atoms with Gasteiger partial charge in [0.2, 0.25) is 11.8 Å². The lowest BCUT2D eigenvalue weighted by Crippen LogP contribution is -2.48. The van der Waals surface area contributed by atoms with Crippen molar-refractivity contribution in [1.29, 1.82) is 0 Å². The van der Waals surface area contributed by atoms with Crippen LogP contribution in [0.1, 0.15) is 34.6 Å². The van der Waals surface area contributed by atoms with Gasteiger partial charge in [0.25, 0.3) is 0 Å². The third kappa shape index (κ3) is 7.18. The summed E-state index contributed by atoms with van der Waals surface area (Å²) in [6, 6.07) is 28.5. The van der Waals surface area contributed by atoms with E-state index in [9.17, 15) is 14.7 Å². The van der Waals surface area contributed by atoms with Crippen LogP contribution in [0, 0.1) is 0 Å². The van der Waals surface area contributed by atoms with E-state index in [0.717, 1.165) is 22.3 Å². The number of hydrogen-bond donors (Lipinski definition) is 4. The summed E-state index contributed by atoms with van der Waals surface area (Å²) in [4.78, 5) is 31.0. The second-order valence-corrected chi connectivity index (χ2v) is 8.83. The molecule has 1 atom stereocenters. The van der Waals surface area contributed by atoms with Crippen LogP contribution in [0.4, 0.5) is 5.82 Å². The Kier molecular flexibility index (Phi) is 8.49. The van der Waals surface area contributed by atoms with Crippen molar-refractivity contribution in [2.24, 2.45) is 0 Å². The quantitative estimate of drug-likeness (QED) is 0.266. The first-order chi connectivity index (χ1) is 18.0. The zero-order valence-corrected chi connectivity index (χ0v) is 20.4.